The van der Waals surface area contributed by atoms with Crippen molar-refractivity contribution in [3.8, 4) is 5.69 Å². The maximum absolute atomic E-state index is 13.5. The predicted octanol–water partition coefficient (Wildman–Crippen LogP) is 2.00. The third kappa shape index (κ3) is 3.88. The lowest BCUT2D eigenvalue weighted by molar-refractivity contribution is 0.100. The van der Waals surface area contributed by atoms with Gasteiger partial charge in [-0.1, -0.05) is 0 Å². The molecule has 0 bridgehead atoms. The minimum Gasteiger partial charge on any atom is -0.366 e. The van der Waals surface area contributed by atoms with Gasteiger partial charge in [-0.2, -0.15) is 5.10 Å². The normalized spacial score (nSPS) is 11.6. The Kier molecular flexibility index (Phi) is 4.09. The van der Waals surface area contributed by atoms with E-state index in [4.69, 9.17) is 5.73 Å². The molecule has 21 heavy (non-hydrogen) atoms. The summed E-state index contributed by atoms with van der Waals surface area (Å²) in [6.45, 7) is 6.59. The standard InChI is InChI=1S/C15H19FN4O/c1-15(2,3)18-7-10-6-12(16)4-5-13(10)20-9-11(8-19-20)14(17)21/h4-6,8-9,18H,7H2,1-3H3,(H2,17,21). The highest BCUT2D eigenvalue weighted by molar-refractivity contribution is 5.92. The number of nitrogens with two attached hydrogens (primary N) is 1. The van der Waals surface area contributed by atoms with Crippen LogP contribution in [0.5, 0.6) is 0 Å². The average molecular weight is 290 g/mol. The number of amides is 1. The van der Waals surface area contributed by atoms with Gasteiger partial charge in [0.25, 0.3) is 5.91 Å². The van der Waals surface area contributed by atoms with Gasteiger partial charge in [0.2, 0.25) is 0 Å². The summed E-state index contributed by atoms with van der Waals surface area (Å²) < 4.78 is 15.0. The van der Waals surface area contributed by atoms with Crippen LogP contribution in [0.1, 0.15) is 36.7 Å². The molecule has 0 radical (unpaired) electrons. The second-order valence-corrected chi connectivity index (χ2v) is 5.91. The first kappa shape index (κ1) is 15.2. The van der Waals surface area contributed by atoms with Crippen LogP contribution < -0.4 is 11.1 Å². The molecule has 1 aromatic carbocycles. The van der Waals surface area contributed by atoms with Crippen molar-refractivity contribution < 1.29 is 9.18 Å². The molecule has 0 aliphatic heterocycles. The van der Waals surface area contributed by atoms with Crippen LogP contribution in [0.15, 0.2) is 30.6 Å². The van der Waals surface area contributed by atoms with Gasteiger partial charge in [0.1, 0.15) is 5.82 Å². The lowest BCUT2D eigenvalue weighted by Gasteiger charge is -2.21. The van der Waals surface area contributed by atoms with Gasteiger partial charge < -0.3 is 11.1 Å². The molecule has 1 heterocycles. The SMILES string of the molecule is CC(C)(C)NCc1cc(F)ccc1-n1cc(C(N)=O)cn1. The second-order valence-electron chi connectivity index (χ2n) is 5.91. The van der Waals surface area contributed by atoms with E-state index in [-0.39, 0.29) is 11.4 Å². The van der Waals surface area contributed by atoms with E-state index in [1.807, 2.05) is 20.8 Å². The highest BCUT2D eigenvalue weighted by Gasteiger charge is 2.13. The maximum Gasteiger partial charge on any atom is 0.251 e. The zero-order valence-electron chi connectivity index (χ0n) is 12.4. The Balaban J connectivity index is 2.35. The highest BCUT2D eigenvalue weighted by Crippen LogP contribution is 2.17. The molecule has 0 atom stereocenters. The third-order valence-electron chi connectivity index (χ3n) is 2.96. The van der Waals surface area contributed by atoms with Gasteiger partial charge in [-0.25, -0.2) is 9.07 Å². The fourth-order valence-corrected chi connectivity index (χ4v) is 1.86. The van der Waals surface area contributed by atoms with Crippen LogP contribution in [0.4, 0.5) is 4.39 Å². The monoisotopic (exact) mass is 290 g/mol. The summed E-state index contributed by atoms with van der Waals surface area (Å²) >= 11 is 0. The Bertz CT molecular complexity index is 658. The largest absolute Gasteiger partial charge is 0.366 e. The van der Waals surface area contributed by atoms with Gasteiger partial charge in [0.15, 0.2) is 0 Å². The first-order valence-corrected chi connectivity index (χ1v) is 6.64. The van der Waals surface area contributed by atoms with E-state index in [1.165, 1.54) is 29.2 Å². The van der Waals surface area contributed by atoms with Crippen LogP contribution in [0, 0.1) is 5.82 Å². The zero-order chi connectivity index (χ0) is 15.6. The summed E-state index contributed by atoms with van der Waals surface area (Å²) in [5.74, 6) is -0.857. The van der Waals surface area contributed by atoms with Gasteiger partial charge in [-0.15, -0.1) is 0 Å². The van der Waals surface area contributed by atoms with E-state index >= 15 is 0 Å². The minimum atomic E-state index is -0.544. The number of hydrogen-bond donors (Lipinski definition) is 2. The summed E-state index contributed by atoms with van der Waals surface area (Å²) in [6.07, 6.45) is 2.93. The summed E-state index contributed by atoms with van der Waals surface area (Å²) in [4.78, 5) is 11.1. The molecule has 0 aliphatic rings. The fourth-order valence-electron chi connectivity index (χ4n) is 1.86. The van der Waals surface area contributed by atoms with Crippen molar-refractivity contribution in [2.75, 3.05) is 0 Å². The number of nitrogens with zero attached hydrogens (tertiary/aromatic N) is 2. The van der Waals surface area contributed by atoms with Crippen molar-refractivity contribution in [1.29, 1.82) is 0 Å². The number of nitrogens with one attached hydrogen (secondary N) is 1. The molecule has 112 valence electrons. The topological polar surface area (TPSA) is 72.9 Å². The van der Waals surface area contributed by atoms with Crippen molar-refractivity contribution in [1.82, 2.24) is 15.1 Å². The first-order valence-electron chi connectivity index (χ1n) is 6.64. The quantitative estimate of drug-likeness (QED) is 0.904. The summed E-state index contributed by atoms with van der Waals surface area (Å²) in [5, 5.41) is 7.41. The number of halogens is 1. The smallest absolute Gasteiger partial charge is 0.251 e. The van der Waals surface area contributed by atoms with Crippen LogP contribution in [-0.2, 0) is 6.54 Å². The van der Waals surface area contributed by atoms with Gasteiger partial charge in [-0.05, 0) is 44.5 Å². The molecule has 0 spiro atoms. The van der Waals surface area contributed by atoms with Gasteiger partial charge in [-0.3, -0.25) is 4.79 Å². The fraction of sp³-hybridized carbons (Fsp3) is 0.333. The van der Waals surface area contributed by atoms with Crippen molar-refractivity contribution in [3.05, 3.63) is 47.5 Å². The van der Waals surface area contributed by atoms with Crippen molar-refractivity contribution in [2.24, 2.45) is 5.73 Å². The number of rotatable bonds is 4. The molecule has 0 saturated heterocycles. The summed E-state index contributed by atoms with van der Waals surface area (Å²) in [6, 6.07) is 4.45. The number of carbonyl (C=O) groups excluding carboxylic acids is 1. The maximum atomic E-state index is 13.5. The predicted molar refractivity (Wildman–Crippen MR) is 78.6 cm³/mol. The van der Waals surface area contributed by atoms with Gasteiger partial charge in [0, 0.05) is 18.3 Å². The lowest BCUT2D eigenvalue weighted by atomic mass is 10.1. The van der Waals surface area contributed by atoms with Crippen LogP contribution in [-0.4, -0.2) is 21.2 Å². The van der Waals surface area contributed by atoms with Crippen LogP contribution in [0.2, 0.25) is 0 Å². The van der Waals surface area contributed by atoms with Crippen molar-refractivity contribution in [2.45, 2.75) is 32.9 Å². The molecule has 2 rings (SSSR count). The van der Waals surface area contributed by atoms with E-state index in [0.29, 0.717) is 17.8 Å². The van der Waals surface area contributed by atoms with E-state index < -0.39 is 5.91 Å². The summed E-state index contributed by atoms with van der Waals surface area (Å²) in [7, 11) is 0. The molecule has 0 fully saturated rings. The Morgan fingerprint density at radius 1 is 1.43 bits per heavy atom. The van der Waals surface area contributed by atoms with Crippen LogP contribution in [0.25, 0.3) is 5.69 Å². The van der Waals surface area contributed by atoms with Crippen molar-refractivity contribution >= 4 is 5.91 Å². The Morgan fingerprint density at radius 2 is 2.14 bits per heavy atom. The molecule has 0 unspecified atom stereocenters. The molecule has 3 N–H and O–H groups in total. The number of aromatic nitrogens is 2. The van der Waals surface area contributed by atoms with E-state index in [9.17, 15) is 9.18 Å². The van der Waals surface area contributed by atoms with Crippen molar-refractivity contribution in [3.63, 3.8) is 0 Å². The molecular formula is C15H19FN4O. The molecular weight excluding hydrogens is 271 g/mol. The molecule has 6 heteroatoms. The van der Waals surface area contributed by atoms with Gasteiger partial charge in [0.05, 0.1) is 17.4 Å². The molecule has 1 amide bonds. The van der Waals surface area contributed by atoms with E-state index in [0.717, 1.165) is 5.56 Å². The number of carbonyl (C=O) groups is 1. The number of hydrogen-bond acceptors (Lipinski definition) is 3. The number of primary amides is 1. The Morgan fingerprint density at radius 3 is 2.71 bits per heavy atom. The Labute approximate surface area is 123 Å². The first-order chi connectivity index (χ1) is 9.76. The van der Waals surface area contributed by atoms with Crippen LogP contribution >= 0.6 is 0 Å². The molecule has 2 aromatic rings. The molecule has 1 aromatic heterocycles. The van der Waals surface area contributed by atoms with Crippen LogP contribution in [0.3, 0.4) is 0 Å². The second kappa shape index (κ2) is 5.65. The Hall–Kier alpha value is -2.21. The minimum absolute atomic E-state index is 0.0912. The molecule has 0 aliphatic carbocycles. The summed E-state index contributed by atoms with van der Waals surface area (Å²) in [5.41, 5.74) is 6.90. The molecule has 0 saturated carbocycles. The van der Waals surface area contributed by atoms with E-state index in [1.54, 1.807) is 6.07 Å². The highest BCUT2D eigenvalue weighted by atomic mass is 19.1. The average Bonchev–Trinajstić information content (AvgIpc) is 2.85. The molecule has 5 nitrogen and oxygen atoms in total. The third-order valence-corrected chi connectivity index (χ3v) is 2.96. The van der Waals surface area contributed by atoms with E-state index in [2.05, 4.69) is 10.4 Å². The number of benzene rings is 1. The van der Waals surface area contributed by atoms with Gasteiger partial charge >= 0.3 is 0 Å². The zero-order valence-corrected chi connectivity index (χ0v) is 12.4. The lowest BCUT2D eigenvalue weighted by Crippen LogP contribution is -2.35.